The van der Waals surface area contributed by atoms with E-state index in [0.29, 0.717) is 19.8 Å². The van der Waals surface area contributed by atoms with Crippen LogP contribution < -0.4 is 5.73 Å². The predicted octanol–water partition coefficient (Wildman–Crippen LogP) is 6.01. The van der Waals surface area contributed by atoms with Crippen molar-refractivity contribution in [2.24, 2.45) is 0 Å². The fraction of sp³-hybridized carbons (Fsp3) is 0.364. The average Bonchev–Trinajstić information content (AvgIpc) is 3.78. The molecule has 15 nitrogen and oxygen atoms in total. The number of H-pyrrole nitrogens is 1. The fourth-order valence-electron chi connectivity index (χ4n) is 5.26. The number of non-ortho nitro benzene ring substituents is 2. The van der Waals surface area contributed by atoms with E-state index in [1.165, 1.54) is 12.1 Å². The van der Waals surface area contributed by atoms with Gasteiger partial charge in [0.2, 0.25) is 0 Å². The van der Waals surface area contributed by atoms with E-state index in [-0.39, 0.29) is 16.3 Å². The van der Waals surface area contributed by atoms with Crippen LogP contribution in [-0.4, -0.2) is 67.0 Å². The van der Waals surface area contributed by atoms with Gasteiger partial charge in [-0.05, 0) is 49.6 Å². The van der Waals surface area contributed by atoms with Crippen molar-refractivity contribution in [3.05, 3.63) is 91.9 Å². The van der Waals surface area contributed by atoms with Crippen molar-refractivity contribution in [3.63, 3.8) is 0 Å². The predicted molar refractivity (Wildman–Crippen MR) is 185 cm³/mol. The second-order valence-electron chi connectivity index (χ2n) is 10.8. The molecule has 0 saturated carbocycles. The average molecular weight is 660 g/mol. The van der Waals surface area contributed by atoms with Gasteiger partial charge in [0.1, 0.15) is 0 Å². The molecule has 3 heterocycles. The van der Waals surface area contributed by atoms with Gasteiger partial charge in [-0.3, -0.25) is 34.7 Å². The Balaban J connectivity index is 0.000000164. The zero-order valence-corrected chi connectivity index (χ0v) is 27.8. The van der Waals surface area contributed by atoms with Gasteiger partial charge in [-0.1, -0.05) is 20.8 Å². The summed E-state index contributed by atoms with van der Waals surface area (Å²) in [5.41, 5.74) is 12.5. The highest BCUT2D eigenvalue weighted by atomic mass is 16.6. The molecule has 0 fully saturated rings. The molecule has 0 atom stereocenters. The van der Waals surface area contributed by atoms with Crippen molar-refractivity contribution < 1.29 is 19.3 Å². The number of anilines is 1. The van der Waals surface area contributed by atoms with E-state index in [1.54, 1.807) is 38.5 Å². The number of methoxy groups -OCH3 is 2. The zero-order chi connectivity index (χ0) is 34.8. The first-order valence-electron chi connectivity index (χ1n) is 15.6. The van der Waals surface area contributed by atoms with Crippen LogP contribution in [0.2, 0.25) is 0 Å². The van der Waals surface area contributed by atoms with Gasteiger partial charge in [-0.2, -0.15) is 15.3 Å². The van der Waals surface area contributed by atoms with Gasteiger partial charge in [-0.15, -0.1) is 0 Å². The summed E-state index contributed by atoms with van der Waals surface area (Å²) < 4.78 is 13.9. The second-order valence-corrected chi connectivity index (χ2v) is 10.8. The molecule has 3 aromatic carbocycles. The topological polar surface area (TPSA) is 195 Å². The quantitative estimate of drug-likeness (QED) is 0.0944. The normalized spacial score (nSPS) is 10.9. The van der Waals surface area contributed by atoms with E-state index >= 15 is 0 Å². The number of nitro benzene ring substituents is 2. The van der Waals surface area contributed by atoms with Crippen LogP contribution in [0.5, 0.6) is 0 Å². The summed E-state index contributed by atoms with van der Waals surface area (Å²) in [6, 6.07) is 15.4. The minimum absolute atomic E-state index is 0.100. The van der Waals surface area contributed by atoms with Crippen LogP contribution in [0.1, 0.15) is 37.9 Å². The number of aryl methyl sites for hydroxylation is 3. The largest absolute Gasteiger partial charge is 0.399 e. The Morgan fingerprint density at radius 1 is 0.729 bits per heavy atom. The molecule has 0 radical (unpaired) electrons. The maximum Gasteiger partial charge on any atom is 0.270 e. The third kappa shape index (κ3) is 8.11. The SMILES string of the molecule is CCc1[nH]nc2ccc([N+](=O)[O-])cc12.CCc1nn(CCOC)c2ccc(N)cc12.CCc1nn(CCOC)c2ccc([N+](=O)[O-])cc12. The molecule has 0 spiro atoms. The number of benzene rings is 3. The van der Waals surface area contributed by atoms with Crippen LogP contribution in [0.25, 0.3) is 32.7 Å². The molecular formula is C33H41N9O6. The van der Waals surface area contributed by atoms with E-state index in [9.17, 15) is 20.2 Å². The molecule has 0 amide bonds. The number of fused-ring (bicyclic) bond motifs is 3. The number of aromatic amines is 1. The lowest BCUT2D eigenvalue weighted by molar-refractivity contribution is -0.384. The molecule has 0 aliphatic heterocycles. The number of nitrogen functional groups attached to an aromatic ring is 1. The summed E-state index contributed by atoms with van der Waals surface area (Å²) in [6.07, 6.45) is 2.45. The molecule has 48 heavy (non-hydrogen) atoms. The van der Waals surface area contributed by atoms with Crippen molar-refractivity contribution in [3.8, 4) is 0 Å². The summed E-state index contributed by atoms with van der Waals surface area (Å²) in [5.74, 6) is 0. The Morgan fingerprint density at radius 2 is 1.23 bits per heavy atom. The summed E-state index contributed by atoms with van der Waals surface area (Å²) in [7, 11) is 3.33. The van der Waals surface area contributed by atoms with Crippen molar-refractivity contribution >= 4 is 49.8 Å². The van der Waals surface area contributed by atoms with E-state index in [2.05, 4.69) is 27.3 Å². The minimum atomic E-state index is -0.397. The summed E-state index contributed by atoms with van der Waals surface area (Å²) in [4.78, 5) is 20.5. The highest BCUT2D eigenvalue weighted by Crippen LogP contribution is 2.25. The number of nitrogens with one attached hydrogen (secondary N) is 1. The molecule has 3 N–H and O–H groups in total. The second kappa shape index (κ2) is 16.4. The molecule has 6 aromatic rings. The summed E-state index contributed by atoms with van der Waals surface area (Å²) in [6.45, 7) is 8.72. The van der Waals surface area contributed by atoms with Gasteiger partial charge in [-0.25, -0.2) is 0 Å². The van der Waals surface area contributed by atoms with E-state index in [1.807, 2.05) is 41.4 Å². The Labute approximate surface area is 276 Å². The van der Waals surface area contributed by atoms with Gasteiger partial charge in [0.25, 0.3) is 11.4 Å². The smallest absolute Gasteiger partial charge is 0.270 e. The lowest BCUT2D eigenvalue weighted by Gasteiger charge is -2.02. The lowest BCUT2D eigenvalue weighted by atomic mass is 10.1. The number of nitro groups is 2. The summed E-state index contributed by atoms with van der Waals surface area (Å²) in [5, 5.41) is 40.1. The van der Waals surface area contributed by atoms with Crippen LogP contribution in [0.4, 0.5) is 17.1 Å². The fourth-order valence-corrected chi connectivity index (χ4v) is 5.26. The molecular weight excluding hydrogens is 618 g/mol. The molecule has 254 valence electrons. The zero-order valence-electron chi connectivity index (χ0n) is 27.8. The van der Waals surface area contributed by atoms with Gasteiger partial charge in [0.05, 0.1) is 64.1 Å². The number of nitrogens with zero attached hydrogens (tertiary/aromatic N) is 7. The Kier molecular flexibility index (Phi) is 12.1. The third-order valence-corrected chi connectivity index (χ3v) is 7.74. The number of rotatable bonds is 11. The Bertz CT molecular complexity index is 2010. The number of aromatic nitrogens is 6. The van der Waals surface area contributed by atoms with Gasteiger partial charge in [0, 0.05) is 66.0 Å². The van der Waals surface area contributed by atoms with Crippen molar-refractivity contribution in [2.45, 2.75) is 53.1 Å². The molecule has 0 saturated heterocycles. The van der Waals surface area contributed by atoms with E-state index in [4.69, 9.17) is 15.2 Å². The molecule has 0 aliphatic rings. The minimum Gasteiger partial charge on any atom is -0.399 e. The van der Waals surface area contributed by atoms with Crippen LogP contribution >= 0.6 is 0 Å². The maximum atomic E-state index is 10.8. The van der Waals surface area contributed by atoms with Gasteiger partial charge in [0.15, 0.2) is 0 Å². The first-order chi connectivity index (χ1) is 23.1. The van der Waals surface area contributed by atoms with E-state index in [0.717, 1.165) is 81.3 Å². The number of nitrogens with two attached hydrogens (primary N) is 1. The molecule has 0 bridgehead atoms. The van der Waals surface area contributed by atoms with Crippen molar-refractivity contribution in [1.29, 1.82) is 0 Å². The van der Waals surface area contributed by atoms with Crippen LogP contribution in [-0.2, 0) is 41.8 Å². The molecule has 3 aromatic heterocycles. The molecule has 6 rings (SSSR count). The number of hydrogen-bond donors (Lipinski definition) is 2. The third-order valence-electron chi connectivity index (χ3n) is 7.74. The number of ether oxygens (including phenoxy) is 2. The summed E-state index contributed by atoms with van der Waals surface area (Å²) >= 11 is 0. The van der Waals surface area contributed by atoms with Crippen LogP contribution in [0, 0.1) is 20.2 Å². The van der Waals surface area contributed by atoms with Crippen molar-refractivity contribution in [1.82, 2.24) is 29.8 Å². The van der Waals surface area contributed by atoms with Gasteiger partial charge < -0.3 is 15.2 Å². The Hall–Kier alpha value is -5.41. The molecule has 0 aliphatic carbocycles. The first-order valence-corrected chi connectivity index (χ1v) is 15.6. The monoisotopic (exact) mass is 659 g/mol. The lowest BCUT2D eigenvalue weighted by Crippen LogP contribution is -2.05. The van der Waals surface area contributed by atoms with Gasteiger partial charge >= 0.3 is 0 Å². The first kappa shape index (κ1) is 35.4. The molecule has 0 unspecified atom stereocenters. The standard InChI is InChI=1S/C12H15N3O3.C12H17N3O.C9H9N3O2/c1-3-11-10-8-9(15(16)17)4-5-12(10)14(13-11)6-7-18-2;1-3-11-10-8-9(13)4-5-12(10)15(14-11)6-7-16-2;1-2-8-7-5-6(12(13)14)3-4-9(7)11-10-8/h4-5,8H,3,6-7H2,1-2H3;4-5,8H,3,6-7,13H2,1-2H3;3-5H,2H2,1H3,(H,10,11). The number of hydrogen-bond acceptors (Lipinski definition) is 10. The van der Waals surface area contributed by atoms with Crippen LogP contribution in [0.15, 0.2) is 54.6 Å². The van der Waals surface area contributed by atoms with Crippen LogP contribution in [0.3, 0.4) is 0 Å². The molecule has 15 heteroatoms. The maximum absolute atomic E-state index is 10.8. The Morgan fingerprint density at radius 3 is 1.73 bits per heavy atom. The highest BCUT2D eigenvalue weighted by Gasteiger charge is 2.14. The highest BCUT2D eigenvalue weighted by molar-refractivity contribution is 5.86. The van der Waals surface area contributed by atoms with E-state index < -0.39 is 4.92 Å². The van der Waals surface area contributed by atoms with Crippen molar-refractivity contribution in [2.75, 3.05) is 33.2 Å².